The molecule has 0 aliphatic rings. The Morgan fingerprint density at radius 1 is 0.600 bits per heavy atom. The predicted molar refractivity (Wildman–Crippen MR) is 104 cm³/mol. The average Bonchev–Trinajstić information content (AvgIpc) is 2.39. The van der Waals surface area contributed by atoms with Crippen LogP contribution in [0.4, 0.5) is 0 Å². The molecule has 0 amide bonds. The molecule has 0 spiro atoms. The molecule has 0 aliphatic carbocycles. The van der Waals surface area contributed by atoms with Crippen molar-refractivity contribution in [2.75, 3.05) is 0 Å². The molecule has 0 fully saturated rings. The van der Waals surface area contributed by atoms with Gasteiger partial charge in [-0.15, -0.1) is 0 Å². The molecular weight excluding hydrogens is 512 g/mol. The third-order valence-electron chi connectivity index (χ3n) is 2.74. The zero-order valence-corrected chi connectivity index (χ0v) is 16.6. The first-order valence-corrected chi connectivity index (χ1v) is 8.99. The van der Waals surface area contributed by atoms with Crippen LogP contribution in [-0.4, -0.2) is 0 Å². The van der Waals surface area contributed by atoms with Crippen molar-refractivity contribution in [1.29, 1.82) is 0 Å². The average molecular weight is 522 g/mol. The van der Waals surface area contributed by atoms with E-state index in [0.717, 1.165) is 17.9 Å². The lowest BCUT2D eigenvalue weighted by Gasteiger charge is -2.10. The van der Waals surface area contributed by atoms with E-state index in [1.165, 1.54) is 11.1 Å². The number of halogens is 4. The number of rotatable bonds is 3. The van der Waals surface area contributed by atoms with E-state index in [1.54, 1.807) is 0 Å². The second kappa shape index (κ2) is 7.74. The molecule has 0 nitrogen and oxygen atoms in total. The molecule has 2 aromatic carbocycles. The summed E-state index contributed by atoms with van der Waals surface area (Å²) in [5, 5.41) is 0. The van der Waals surface area contributed by atoms with Crippen LogP contribution in [0, 0.1) is 0 Å². The summed E-state index contributed by atoms with van der Waals surface area (Å²) in [4.78, 5) is 0. The fourth-order valence-electron chi connectivity index (χ4n) is 1.97. The summed E-state index contributed by atoms with van der Waals surface area (Å²) in [6.45, 7) is 0. The van der Waals surface area contributed by atoms with Gasteiger partial charge in [0.1, 0.15) is 0 Å². The molecule has 0 N–H and O–H groups in total. The van der Waals surface area contributed by atoms with Gasteiger partial charge in [0.25, 0.3) is 0 Å². The molecule has 0 aromatic heterocycles. The minimum absolute atomic E-state index is 0.923. The third-order valence-corrected chi connectivity index (χ3v) is 3.66. The molecule has 2 aromatic rings. The molecule has 4 heteroatoms. The largest absolute Gasteiger partial charge is 0.0616 e. The van der Waals surface area contributed by atoms with Gasteiger partial charge in [-0.1, -0.05) is 48.5 Å². The molecule has 0 bridgehead atoms. The van der Waals surface area contributed by atoms with Crippen molar-refractivity contribution in [3.63, 3.8) is 0 Å². The predicted octanol–water partition coefficient (Wildman–Crippen LogP) is 7.53. The highest BCUT2D eigenvalue weighted by molar-refractivity contribution is 9.28. The quantitative estimate of drug-likeness (QED) is 0.392. The summed E-state index contributed by atoms with van der Waals surface area (Å²) in [6.07, 6.45) is 4.11. The van der Waals surface area contributed by atoms with Gasteiger partial charge < -0.3 is 0 Å². The number of hydrogen-bond acceptors (Lipinski definition) is 0. The molecule has 102 valence electrons. The maximum absolute atomic E-state index is 3.43. The fourth-order valence-corrected chi connectivity index (χ4v) is 2.96. The molecular formula is C16H10Br4. The van der Waals surface area contributed by atoms with E-state index < -0.39 is 0 Å². The second-order valence-electron chi connectivity index (χ2n) is 4.04. The minimum atomic E-state index is 0.923. The minimum Gasteiger partial charge on any atom is -0.0616 e. The van der Waals surface area contributed by atoms with Gasteiger partial charge in [-0.05, 0) is 98.1 Å². The summed E-state index contributed by atoms with van der Waals surface area (Å²) in [7, 11) is 0. The van der Waals surface area contributed by atoms with Crippen LogP contribution in [0.25, 0.3) is 23.3 Å². The van der Waals surface area contributed by atoms with Crippen LogP contribution in [0.5, 0.6) is 0 Å². The van der Waals surface area contributed by atoms with Crippen molar-refractivity contribution in [2.45, 2.75) is 0 Å². The summed E-state index contributed by atoms with van der Waals surface area (Å²) in [5.41, 5.74) is 4.69. The SMILES string of the molecule is BrC(Br)=Cc1ccccc1-c1ccccc1C=C(Br)Br. The van der Waals surface area contributed by atoms with E-state index in [-0.39, 0.29) is 0 Å². The normalized spacial score (nSPS) is 10.0. The Labute approximate surface area is 152 Å². The molecule has 20 heavy (non-hydrogen) atoms. The highest BCUT2D eigenvalue weighted by Gasteiger charge is 2.07. The van der Waals surface area contributed by atoms with Crippen LogP contribution in [0.3, 0.4) is 0 Å². The maximum Gasteiger partial charge on any atom is 0.0610 e. The maximum atomic E-state index is 3.43. The highest BCUT2D eigenvalue weighted by atomic mass is 79.9. The molecule has 0 saturated carbocycles. The zero-order valence-electron chi connectivity index (χ0n) is 10.3. The third kappa shape index (κ3) is 4.42. The standard InChI is InChI=1S/C16H10Br4/c17-15(18)9-11-5-1-3-7-13(11)14-8-4-2-6-12(14)10-16(19)20/h1-10H. The van der Waals surface area contributed by atoms with Gasteiger partial charge in [0, 0.05) is 0 Å². The molecule has 0 heterocycles. The lowest BCUT2D eigenvalue weighted by Crippen LogP contribution is -1.86. The van der Waals surface area contributed by atoms with Crippen molar-refractivity contribution >= 4 is 75.9 Å². The van der Waals surface area contributed by atoms with Gasteiger partial charge in [0.2, 0.25) is 0 Å². The van der Waals surface area contributed by atoms with Crippen LogP contribution in [0.1, 0.15) is 11.1 Å². The Balaban J connectivity index is 2.64. The van der Waals surface area contributed by atoms with Crippen LogP contribution in [-0.2, 0) is 0 Å². The van der Waals surface area contributed by atoms with E-state index in [9.17, 15) is 0 Å². The van der Waals surface area contributed by atoms with Gasteiger partial charge in [0.05, 0.1) is 6.78 Å². The fraction of sp³-hybridized carbons (Fsp3) is 0. The second-order valence-corrected chi connectivity index (χ2v) is 9.59. The Hall–Kier alpha value is -0.160. The molecule has 0 aliphatic heterocycles. The molecule has 0 atom stereocenters. The Kier molecular flexibility index (Phi) is 6.27. The van der Waals surface area contributed by atoms with Gasteiger partial charge >= 0.3 is 0 Å². The first-order chi connectivity index (χ1) is 9.58. The van der Waals surface area contributed by atoms with Gasteiger partial charge in [-0.2, -0.15) is 0 Å². The van der Waals surface area contributed by atoms with Gasteiger partial charge in [-0.25, -0.2) is 0 Å². The first-order valence-electron chi connectivity index (χ1n) is 5.82. The molecule has 0 radical (unpaired) electrons. The van der Waals surface area contributed by atoms with E-state index >= 15 is 0 Å². The van der Waals surface area contributed by atoms with Crippen molar-refractivity contribution in [2.24, 2.45) is 0 Å². The number of benzene rings is 2. The Morgan fingerprint density at radius 2 is 0.950 bits per heavy atom. The highest BCUT2D eigenvalue weighted by Crippen LogP contribution is 2.32. The first kappa shape index (κ1) is 16.2. The van der Waals surface area contributed by atoms with Crippen molar-refractivity contribution in [3.05, 3.63) is 66.4 Å². The topological polar surface area (TPSA) is 0 Å². The van der Waals surface area contributed by atoms with Crippen LogP contribution in [0.2, 0.25) is 0 Å². The summed E-state index contributed by atoms with van der Waals surface area (Å²) < 4.78 is 1.85. The van der Waals surface area contributed by atoms with Gasteiger partial charge in [-0.3, -0.25) is 0 Å². The van der Waals surface area contributed by atoms with E-state index in [1.807, 2.05) is 12.1 Å². The van der Waals surface area contributed by atoms with Crippen LogP contribution < -0.4 is 0 Å². The van der Waals surface area contributed by atoms with Crippen molar-refractivity contribution in [3.8, 4) is 11.1 Å². The van der Waals surface area contributed by atoms with Crippen LogP contribution >= 0.6 is 63.7 Å². The lowest BCUT2D eigenvalue weighted by atomic mass is 9.95. The monoisotopic (exact) mass is 518 g/mol. The Morgan fingerprint density at radius 3 is 1.30 bits per heavy atom. The summed E-state index contributed by atoms with van der Waals surface area (Å²) >= 11 is 13.7. The number of hydrogen-bond donors (Lipinski definition) is 0. The molecule has 2 rings (SSSR count). The van der Waals surface area contributed by atoms with Crippen LogP contribution in [0.15, 0.2) is 55.3 Å². The molecule has 0 saturated heterocycles. The van der Waals surface area contributed by atoms with Crippen molar-refractivity contribution < 1.29 is 0 Å². The molecule has 0 unspecified atom stereocenters. The smallest absolute Gasteiger partial charge is 0.0610 e. The zero-order chi connectivity index (χ0) is 14.5. The van der Waals surface area contributed by atoms with E-state index in [4.69, 9.17) is 0 Å². The Bertz CT molecular complexity index is 604. The van der Waals surface area contributed by atoms with E-state index in [2.05, 4.69) is 112 Å². The summed E-state index contributed by atoms with van der Waals surface area (Å²) in [6, 6.07) is 16.6. The van der Waals surface area contributed by atoms with Gasteiger partial charge in [0.15, 0.2) is 0 Å². The van der Waals surface area contributed by atoms with Crippen molar-refractivity contribution in [1.82, 2.24) is 0 Å². The summed E-state index contributed by atoms with van der Waals surface area (Å²) in [5.74, 6) is 0. The lowest BCUT2D eigenvalue weighted by molar-refractivity contribution is 1.57. The van der Waals surface area contributed by atoms with E-state index in [0.29, 0.717) is 0 Å².